The molecular formula is C7H7NS. The fraction of sp³-hybridized carbons (Fsp3) is 0.143. The van der Waals surface area contributed by atoms with Gasteiger partial charge >= 0.3 is 0 Å². The van der Waals surface area contributed by atoms with E-state index in [0.29, 0.717) is 0 Å². The Balaban J connectivity index is 3.15. The molecule has 1 nitrogen and oxygen atoms in total. The smallest absolute Gasteiger partial charge is 0.0453 e. The van der Waals surface area contributed by atoms with Crippen LogP contribution in [0.5, 0.6) is 0 Å². The molecule has 0 radical (unpaired) electrons. The van der Waals surface area contributed by atoms with Gasteiger partial charge in [0.2, 0.25) is 0 Å². The summed E-state index contributed by atoms with van der Waals surface area (Å²) in [5.74, 6) is 0. The number of rotatable bonds is 1. The van der Waals surface area contributed by atoms with E-state index in [1.54, 1.807) is 11.6 Å². The van der Waals surface area contributed by atoms with E-state index in [9.17, 15) is 0 Å². The van der Waals surface area contributed by atoms with Gasteiger partial charge in [0.25, 0.3) is 0 Å². The van der Waals surface area contributed by atoms with Crippen molar-refractivity contribution in [2.24, 2.45) is 0 Å². The molecule has 46 valence electrons. The summed E-state index contributed by atoms with van der Waals surface area (Å²) in [6, 6.07) is 3.83. The second-order valence-corrected chi connectivity index (χ2v) is 2.03. The second-order valence-electron chi connectivity index (χ2n) is 1.80. The molecule has 0 atom stereocenters. The van der Waals surface area contributed by atoms with E-state index in [2.05, 4.69) is 4.98 Å². The van der Waals surface area contributed by atoms with Gasteiger partial charge in [-0.2, -0.15) is 0 Å². The average Bonchev–Trinajstić information content (AvgIpc) is 1.89. The molecule has 1 aromatic rings. The van der Waals surface area contributed by atoms with E-state index in [0.717, 1.165) is 11.3 Å². The summed E-state index contributed by atoms with van der Waals surface area (Å²) in [5, 5.41) is 1.64. The van der Waals surface area contributed by atoms with Gasteiger partial charge in [-0.15, -0.1) is 0 Å². The van der Waals surface area contributed by atoms with E-state index < -0.39 is 0 Å². The van der Waals surface area contributed by atoms with Gasteiger partial charge in [-0.25, -0.2) is 0 Å². The molecule has 9 heavy (non-hydrogen) atoms. The molecule has 0 aliphatic carbocycles. The summed E-state index contributed by atoms with van der Waals surface area (Å²) >= 11 is 4.74. The molecule has 0 aromatic carbocycles. The van der Waals surface area contributed by atoms with Crippen molar-refractivity contribution in [2.75, 3.05) is 0 Å². The first-order valence-corrected chi connectivity index (χ1v) is 3.18. The number of hydrogen-bond donors (Lipinski definition) is 0. The monoisotopic (exact) mass is 137 g/mol. The lowest BCUT2D eigenvalue weighted by molar-refractivity contribution is 1.19. The van der Waals surface area contributed by atoms with Crippen molar-refractivity contribution >= 4 is 17.6 Å². The predicted octanol–water partition coefficient (Wildman–Crippen LogP) is 1.74. The molecule has 1 heterocycles. The predicted molar refractivity (Wildman–Crippen MR) is 41.7 cm³/mol. The minimum atomic E-state index is 0.993. The third-order valence-electron chi connectivity index (χ3n) is 1.17. The summed E-state index contributed by atoms with van der Waals surface area (Å²) < 4.78 is 0. The Hall–Kier alpha value is -0.760. The Morgan fingerprint density at radius 2 is 2.44 bits per heavy atom. The maximum atomic E-state index is 4.74. The van der Waals surface area contributed by atoms with Crippen molar-refractivity contribution in [2.45, 2.75) is 6.92 Å². The van der Waals surface area contributed by atoms with Gasteiger partial charge in [-0.1, -0.05) is 18.3 Å². The first kappa shape index (κ1) is 6.36. The summed E-state index contributed by atoms with van der Waals surface area (Å²) in [5.41, 5.74) is 2.03. The fourth-order valence-corrected chi connectivity index (χ4v) is 0.870. The van der Waals surface area contributed by atoms with Gasteiger partial charge in [0.1, 0.15) is 0 Å². The molecule has 1 aromatic heterocycles. The Kier molecular flexibility index (Phi) is 1.90. The third kappa shape index (κ3) is 1.33. The van der Waals surface area contributed by atoms with Crippen molar-refractivity contribution in [3.63, 3.8) is 0 Å². The van der Waals surface area contributed by atoms with Gasteiger partial charge in [0, 0.05) is 22.8 Å². The van der Waals surface area contributed by atoms with E-state index in [-0.39, 0.29) is 0 Å². The summed E-state index contributed by atoms with van der Waals surface area (Å²) in [4.78, 5) is 4.05. The fourth-order valence-electron chi connectivity index (χ4n) is 0.621. The molecule has 0 aliphatic heterocycles. The molecule has 0 aliphatic rings. The van der Waals surface area contributed by atoms with Crippen LogP contribution >= 0.6 is 12.2 Å². The van der Waals surface area contributed by atoms with Gasteiger partial charge in [-0.05, 0) is 13.0 Å². The molecule has 0 fully saturated rings. The van der Waals surface area contributed by atoms with Gasteiger partial charge in [0.05, 0.1) is 0 Å². The zero-order chi connectivity index (χ0) is 6.69. The van der Waals surface area contributed by atoms with Crippen LogP contribution in [0.3, 0.4) is 0 Å². The lowest BCUT2D eigenvalue weighted by Gasteiger charge is -1.93. The molecule has 0 spiro atoms. The zero-order valence-corrected chi connectivity index (χ0v) is 5.98. The van der Waals surface area contributed by atoms with Crippen LogP contribution in [-0.4, -0.2) is 10.4 Å². The van der Waals surface area contributed by atoms with E-state index >= 15 is 0 Å². The number of hydrogen-bond acceptors (Lipinski definition) is 2. The highest BCUT2D eigenvalue weighted by Gasteiger charge is 1.89. The average molecular weight is 137 g/mol. The first-order chi connectivity index (χ1) is 4.34. The van der Waals surface area contributed by atoms with Gasteiger partial charge < -0.3 is 0 Å². The van der Waals surface area contributed by atoms with Crippen LogP contribution in [0.15, 0.2) is 18.3 Å². The minimum absolute atomic E-state index is 0.993. The Morgan fingerprint density at radius 1 is 1.67 bits per heavy atom. The lowest BCUT2D eigenvalue weighted by atomic mass is 10.2. The van der Waals surface area contributed by atoms with E-state index in [1.807, 2.05) is 19.1 Å². The SMILES string of the molecule is Cc1ncccc1C=S. The summed E-state index contributed by atoms with van der Waals surface area (Å²) in [7, 11) is 0. The van der Waals surface area contributed by atoms with Crippen molar-refractivity contribution in [3.8, 4) is 0 Å². The standard InChI is InChI=1S/C7H7NS/c1-6-7(5-9)3-2-4-8-6/h2-5H,1H3. The van der Waals surface area contributed by atoms with Crippen LogP contribution in [0.1, 0.15) is 11.3 Å². The number of thiocarbonyl (C=S) groups is 1. The quantitative estimate of drug-likeness (QED) is 0.547. The van der Waals surface area contributed by atoms with Crippen LogP contribution in [0.2, 0.25) is 0 Å². The molecule has 0 saturated carbocycles. The molecule has 0 N–H and O–H groups in total. The van der Waals surface area contributed by atoms with Crippen LogP contribution in [0.4, 0.5) is 0 Å². The molecule has 0 amide bonds. The number of pyridine rings is 1. The molecule has 1 rings (SSSR count). The molecule has 0 unspecified atom stereocenters. The molecule has 2 heteroatoms. The highest BCUT2D eigenvalue weighted by atomic mass is 32.1. The largest absolute Gasteiger partial charge is 0.261 e. The molecular weight excluding hydrogens is 130 g/mol. The lowest BCUT2D eigenvalue weighted by Crippen LogP contribution is -1.86. The van der Waals surface area contributed by atoms with Gasteiger partial charge in [0.15, 0.2) is 0 Å². The Bertz CT molecular complexity index is 220. The maximum absolute atomic E-state index is 4.74. The number of aryl methyl sites for hydroxylation is 1. The summed E-state index contributed by atoms with van der Waals surface area (Å²) in [6.45, 7) is 1.94. The second kappa shape index (κ2) is 2.69. The van der Waals surface area contributed by atoms with Crippen LogP contribution in [0, 0.1) is 6.92 Å². The van der Waals surface area contributed by atoms with Crippen LogP contribution in [-0.2, 0) is 0 Å². The van der Waals surface area contributed by atoms with Crippen LogP contribution in [0.25, 0.3) is 0 Å². The topological polar surface area (TPSA) is 12.9 Å². The van der Waals surface area contributed by atoms with Crippen molar-refractivity contribution in [3.05, 3.63) is 29.6 Å². The maximum Gasteiger partial charge on any atom is 0.0453 e. The minimum Gasteiger partial charge on any atom is -0.261 e. The Labute approximate surface area is 59.7 Å². The zero-order valence-electron chi connectivity index (χ0n) is 5.16. The molecule has 0 bridgehead atoms. The normalized spacial score (nSPS) is 9.00. The number of nitrogens with zero attached hydrogens (tertiary/aromatic N) is 1. The molecule has 0 saturated heterocycles. The van der Waals surface area contributed by atoms with E-state index in [4.69, 9.17) is 12.2 Å². The number of aromatic nitrogens is 1. The van der Waals surface area contributed by atoms with Crippen molar-refractivity contribution < 1.29 is 0 Å². The van der Waals surface area contributed by atoms with Crippen molar-refractivity contribution in [1.29, 1.82) is 0 Å². The van der Waals surface area contributed by atoms with Crippen molar-refractivity contribution in [1.82, 2.24) is 4.98 Å². The Morgan fingerprint density at radius 3 is 2.89 bits per heavy atom. The summed E-state index contributed by atoms with van der Waals surface area (Å²) in [6.07, 6.45) is 1.76. The van der Waals surface area contributed by atoms with E-state index in [1.165, 1.54) is 0 Å². The van der Waals surface area contributed by atoms with Gasteiger partial charge in [-0.3, -0.25) is 4.98 Å². The highest BCUT2D eigenvalue weighted by molar-refractivity contribution is 7.79. The third-order valence-corrected chi connectivity index (χ3v) is 1.43. The highest BCUT2D eigenvalue weighted by Crippen LogP contribution is 1.98. The van der Waals surface area contributed by atoms with Crippen LogP contribution < -0.4 is 0 Å². The first-order valence-electron chi connectivity index (χ1n) is 2.71.